The number of thioether (sulfide) groups is 1. The third-order valence-electron chi connectivity index (χ3n) is 2.00. The monoisotopic (exact) mass is 233 g/mol. The molecule has 0 aromatic heterocycles. The summed E-state index contributed by atoms with van der Waals surface area (Å²) in [5, 5.41) is -0.231. The standard InChI is InChI=1S/C9H15NO4S/c1-5(11)14-9-7(10)3-13-4-8(9)15-6(2)12/h7-9H,3-4,10H2,1-2H3/t7-,8+,9+/m0/s1. The van der Waals surface area contributed by atoms with Gasteiger partial charge in [0.25, 0.3) is 0 Å². The highest BCUT2D eigenvalue weighted by atomic mass is 32.2. The molecule has 1 rings (SSSR count). The number of hydrogen-bond donors (Lipinski definition) is 1. The van der Waals surface area contributed by atoms with Crippen LogP contribution in [0.4, 0.5) is 0 Å². The van der Waals surface area contributed by atoms with Gasteiger partial charge in [-0.25, -0.2) is 0 Å². The van der Waals surface area contributed by atoms with Crippen molar-refractivity contribution in [2.24, 2.45) is 5.73 Å². The first kappa shape index (κ1) is 12.5. The second kappa shape index (κ2) is 5.48. The van der Waals surface area contributed by atoms with E-state index in [1.54, 1.807) is 0 Å². The number of esters is 1. The Labute approximate surface area is 92.7 Å². The molecule has 0 spiro atoms. The van der Waals surface area contributed by atoms with E-state index < -0.39 is 6.10 Å². The van der Waals surface area contributed by atoms with E-state index in [-0.39, 0.29) is 22.4 Å². The third kappa shape index (κ3) is 3.81. The molecular formula is C9H15NO4S. The van der Waals surface area contributed by atoms with Crippen LogP contribution in [0.2, 0.25) is 0 Å². The third-order valence-corrected chi connectivity index (χ3v) is 3.04. The zero-order valence-electron chi connectivity index (χ0n) is 8.76. The van der Waals surface area contributed by atoms with Gasteiger partial charge >= 0.3 is 5.97 Å². The molecule has 5 nitrogen and oxygen atoms in total. The van der Waals surface area contributed by atoms with Crippen LogP contribution in [-0.4, -0.2) is 41.7 Å². The van der Waals surface area contributed by atoms with Crippen molar-refractivity contribution in [1.29, 1.82) is 0 Å². The van der Waals surface area contributed by atoms with Crippen molar-refractivity contribution in [2.45, 2.75) is 31.2 Å². The Morgan fingerprint density at radius 2 is 2.07 bits per heavy atom. The molecule has 2 N–H and O–H groups in total. The minimum atomic E-state index is -0.440. The summed E-state index contributed by atoms with van der Waals surface area (Å²) < 4.78 is 10.3. The van der Waals surface area contributed by atoms with E-state index in [0.717, 1.165) is 11.8 Å². The van der Waals surface area contributed by atoms with Crippen molar-refractivity contribution in [3.8, 4) is 0 Å². The van der Waals surface area contributed by atoms with Crippen LogP contribution >= 0.6 is 11.8 Å². The van der Waals surface area contributed by atoms with Crippen LogP contribution < -0.4 is 5.73 Å². The first-order valence-electron chi connectivity index (χ1n) is 4.68. The van der Waals surface area contributed by atoms with E-state index >= 15 is 0 Å². The SMILES string of the molecule is CC(=O)O[C@@H]1[C@@H](N)COC[C@H]1SC(C)=O. The van der Waals surface area contributed by atoms with Crippen LogP contribution in [0.1, 0.15) is 13.8 Å². The van der Waals surface area contributed by atoms with Crippen molar-refractivity contribution < 1.29 is 19.1 Å². The fraction of sp³-hybridized carbons (Fsp3) is 0.778. The fourth-order valence-electron chi connectivity index (χ4n) is 1.45. The predicted octanol–water partition coefficient (Wildman–Crippen LogP) is -0.0761. The zero-order chi connectivity index (χ0) is 11.4. The molecule has 0 aromatic carbocycles. The molecular weight excluding hydrogens is 218 g/mol. The maximum atomic E-state index is 11.0. The van der Waals surface area contributed by atoms with Gasteiger partial charge < -0.3 is 15.2 Å². The number of ether oxygens (including phenoxy) is 2. The summed E-state index contributed by atoms with van der Waals surface area (Å²) in [6, 6.07) is -0.362. The quantitative estimate of drug-likeness (QED) is 0.672. The molecule has 86 valence electrons. The largest absolute Gasteiger partial charge is 0.460 e. The summed E-state index contributed by atoms with van der Waals surface area (Å²) in [5.41, 5.74) is 5.77. The Kier molecular flexibility index (Phi) is 4.56. The highest BCUT2D eigenvalue weighted by Crippen LogP contribution is 2.24. The van der Waals surface area contributed by atoms with E-state index in [1.165, 1.54) is 13.8 Å². The molecule has 0 unspecified atom stereocenters. The van der Waals surface area contributed by atoms with Crippen molar-refractivity contribution in [3.05, 3.63) is 0 Å². The van der Waals surface area contributed by atoms with E-state index in [9.17, 15) is 9.59 Å². The summed E-state index contributed by atoms with van der Waals surface area (Å²) >= 11 is 1.11. The fourth-order valence-corrected chi connectivity index (χ4v) is 2.44. The smallest absolute Gasteiger partial charge is 0.303 e. The van der Waals surface area contributed by atoms with E-state index in [1.807, 2.05) is 0 Å². The molecule has 1 saturated heterocycles. The van der Waals surface area contributed by atoms with Gasteiger partial charge in [-0.1, -0.05) is 11.8 Å². The van der Waals surface area contributed by atoms with Crippen LogP contribution in [0.3, 0.4) is 0 Å². The number of rotatable bonds is 2. The van der Waals surface area contributed by atoms with Crippen LogP contribution in [0.5, 0.6) is 0 Å². The average molecular weight is 233 g/mol. The molecule has 0 radical (unpaired) electrons. The highest BCUT2D eigenvalue weighted by Gasteiger charge is 2.35. The van der Waals surface area contributed by atoms with Gasteiger partial charge in [0.1, 0.15) is 6.10 Å². The topological polar surface area (TPSA) is 78.6 Å². The molecule has 6 heteroatoms. The van der Waals surface area contributed by atoms with E-state index in [4.69, 9.17) is 15.2 Å². The van der Waals surface area contributed by atoms with Crippen molar-refractivity contribution in [1.82, 2.24) is 0 Å². The minimum absolute atomic E-state index is 0.0325. The average Bonchev–Trinajstić information content (AvgIpc) is 2.09. The van der Waals surface area contributed by atoms with Gasteiger partial charge in [0, 0.05) is 13.8 Å². The minimum Gasteiger partial charge on any atom is -0.460 e. The molecule has 0 bridgehead atoms. The lowest BCUT2D eigenvalue weighted by molar-refractivity contribution is -0.151. The van der Waals surface area contributed by atoms with E-state index in [2.05, 4.69) is 0 Å². The second-order valence-electron chi connectivity index (χ2n) is 3.42. The highest BCUT2D eigenvalue weighted by molar-refractivity contribution is 8.14. The molecule has 1 aliphatic heterocycles. The van der Waals surface area contributed by atoms with Gasteiger partial charge in [-0.3, -0.25) is 9.59 Å². The summed E-state index contributed by atoms with van der Waals surface area (Å²) in [6.45, 7) is 3.54. The Hall–Kier alpha value is -0.590. The van der Waals surface area contributed by atoms with Crippen molar-refractivity contribution >= 4 is 22.8 Å². The van der Waals surface area contributed by atoms with Gasteiger partial charge in [-0.2, -0.15) is 0 Å². The molecule has 0 amide bonds. The first-order valence-corrected chi connectivity index (χ1v) is 5.56. The molecule has 0 aromatic rings. The Morgan fingerprint density at radius 3 is 2.60 bits per heavy atom. The van der Waals surface area contributed by atoms with Gasteiger partial charge in [-0.15, -0.1) is 0 Å². The van der Waals surface area contributed by atoms with Gasteiger partial charge in [0.2, 0.25) is 0 Å². The van der Waals surface area contributed by atoms with Crippen LogP contribution in [0, 0.1) is 0 Å². The Morgan fingerprint density at radius 1 is 1.40 bits per heavy atom. The molecule has 1 fully saturated rings. The molecule has 3 atom stereocenters. The summed E-state index contributed by atoms with van der Waals surface area (Å²) in [6.07, 6.45) is -0.440. The Bertz CT molecular complexity index is 258. The lowest BCUT2D eigenvalue weighted by Crippen LogP contribution is -2.53. The summed E-state index contributed by atoms with van der Waals surface area (Å²) in [4.78, 5) is 21.9. The molecule has 1 aliphatic rings. The molecule has 0 saturated carbocycles. The number of nitrogens with two attached hydrogens (primary N) is 1. The second-order valence-corrected chi connectivity index (χ2v) is 4.84. The van der Waals surface area contributed by atoms with Gasteiger partial charge in [0.15, 0.2) is 5.12 Å². The lowest BCUT2D eigenvalue weighted by Gasteiger charge is -2.34. The first-order chi connectivity index (χ1) is 7.00. The maximum absolute atomic E-state index is 11.0. The predicted molar refractivity (Wildman–Crippen MR) is 56.4 cm³/mol. The van der Waals surface area contributed by atoms with Crippen LogP contribution in [0.25, 0.3) is 0 Å². The zero-order valence-corrected chi connectivity index (χ0v) is 9.58. The summed E-state index contributed by atoms with van der Waals surface area (Å²) in [5.74, 6) is -0.383. The lowest BCUT2D eigenvalue weighted by atomic mass is 10.1. The normalized spacial score (nSPS) is 31.0. The van der Waals surface area contributed by atoms with Crippen molar-refractivity contribution in [2.75, 3.05) is 13.2 Å². The Balaban J connectivity index is 2.63. The number of carbonyl (C=O) groups is 2. The number of carbonyl (C=O) groups excluding carboxylic acids is 2. The van der Waals surface area contributed by atoms with E-state index in [0.29, 0.717) is 13.2 Å². The van der Waals surface area contributed by atoms with Gasteiger partial charge in [-0.05, 0) is 0 Å². The van der Waals surface area contributed by atoms with Crippen LogP contribution in [-0.2, 0) is 19.1 Å². The molecule has 15 heavy (non-hydrogen) atoms. The maximum Gasteiger partial charge on any atom is 0.303 e. The molecule has 1 heterocycles. The summed E-state index contributed by atoms with van der Waals surface area (Å²) in [7, 11) is 0. The van der Waals surface area contributed by atoms with Crippen LogP contribution in [0.15, 0.2) is 0 Å². The van der Waals surface area contributed by atoms with Gasteiger partial charge in [0.05, 0.1) is 24.5 Å². The molecule has 0 aliphatic carbocycles. The van der Waals surface area contributed by atoms with Crippen molar-refractivity contribution in [3.63, 3.8) is 0 Å². The number of hydrogen-bond acceptors (Lipinski definition) is 6.